The number of amides is 1. The van der Waals surface area contributed by atoms with Gasteiger partial charge in [-0.2, -0.15) is 0 Å². The zero-order valence-electron chi connectivity index (χ0n) is 15.7. The van der Waals surface area contributed by atoms with Gasteiger partial charge in [-0.1, -0.05) is 6.07 Å². The summed E-state index contributed by atoms with van der Waals surface area (Å²) in [5, 5.41) is 13.8. The quantitative estimate of drug-likeness (QED) is 0.596. The Labute approximate surface area is 162 Å². The first-order chi connectivity index (χ1) is 13.7. The summed E-state index contributed by atoms with van der Waals surface area (Å²) in [5.41, 5.74) is 1.84. The SMILES string of the molecule is COc1ccc(CCNC(=O)COc2ccc(-n3cnnn3)cc2)cc1OC. The van der Waals surface area contributed by atoms with Crippen LogP contribution in [0.25, 0.3) is 5.69 Å². The van der Waals surface area contributed by atoms with E-state index in [9.17, 15) is 4.79 Å². The summed E-state index contributed by atoms with van der Waals surface area (Å²) >= 11 is 0. The minimum absolute atomic E-state index is 0.0594. The van der Waals surface area contributed by atoms with E-state index in [0.29, 0.717) is 30.2 Å². The second kappa shape index (κ2) is 9.36. The number of aromatic nitrogens is 4. The zero-order valence-corrected chi connectivity index (χ0v) is 15.7. The number of benzene rings is 2. The maximum Gasteiger partial charge on any atom is 0.257 e. The van der Waals surface area contributed by atoms with Crippen molar-refractivity contribution in [2.75, 3.05) is 27.4 Å². The van der Waals surface area contributed by atoms with Crippen molar-refractivity contribution in [3.8, 4) is 22.9 Å². The third-order valence-corrected chi connectivity index (χ3v) is 4.00. The molecule has 146 valence electrons. The first kappa shape index (κ1) is 19.2. The van der Waals surface area contributed by atoms with Crippen molar-refractivity contribution < 1.29 is 19.0 Å². The molecule has 0 spiro atoms. The van der Waals surface area contributed by atoms with Crippen LogP contribution in [0, 0.1) is 0 Å². The normalized spacial score (nSPS) is 10.4. The number of methoxy groups -OCH3 is 2. The molecule has 0 saturated carbocycles. The van der Waals surface area contributed by atoms with Gasteiger partial charge < -0.3 is 19.5 Å². The molecule has 0 aliphatic rings. The van der Waals surface area contributed by atoms with Gasteiger partial charge in [0.2, 0.25) is 0 Å². The highest BCUT2D eigenvalue weighted by Gasteiger charge is 2.06. The van der Waals surface area contributed by atoms with Crippen LogP contribution in [0.1, 0.15) is 5.56 Å². The van der Waals surface area contributed by atoms with Crippen LogP contribution in [-0.4, -0.2) is 53.5 Å². The van der Waals surface area contributed by atoms with E-state index in [1.807, 2.05) is 18.2 Å². The lowest BCUT2D eigenvalue weighted by Crippen LogP contribution is -2.30. The third kappa shape index (κ3) is 4.97. The molecule has 1 heterocycles. The van der Waals surface area contributed by atoms with Crippen molar-refractivity contribution in [2.24, 2.45) is 0 Å². The predicted molar refractivity (Wildman–Crippen MR) is 101 cm³/mol. The van der Waals surface area contributed by atoms with E-state index in [-0.39, 0.29) is 12.5 Å². The highest BCUT2D eigenvalue weighted by Crippen LogP contribution is 2.27. The molecule has 0 unspecified atom stereocenters. The number of hydrogen-bond acceptors (Lipinski definition) is 7. The minimum Gasteiger partial charge on any atom is -0.493 e. The number of nitrogens with zero attached hydrogens (tertiary/aromatic N) is 4. The lowest BCUT2D eigenvalue weighted by molar-refractivity contribution is -0.123. The molecule has 0 bridgehead atoms. The molecular weight excluding hydrogens is 362 g/mol. The summed E-state index contributed by atoms with van der Waals surface area (Å²) in [5.74, 6) is 1.74. The largest absolute Gasteiger partial charge is 0.493 e. The summed E-state index contributed by atoms with van der Waals surface area (Å²) in [6, 6.07) is 12.8. The van der Waals surface area contributed by atoms with Crippen LogP contribution in [0.3, 0.4) is 0 Å². The topological polar surface area (TPSA) is 100 Å². The third-order valence-electron chi connectivity index (χ3n) is 4.00. The second-order valence-corrected chi connectivity index (χ2v) is 5.83. The second-order valence-electron chi connectivity index (χ2n) is 5.83. The summed E-state index contributed by atoms with van der Waals surface area (Å²) in [4.78, 5) is 12.0. The average Bonchev–Trinajstić information content (AvgIpc) is 3.27. The van der Waals surface area contributed by atoms with Gasteiger partial charge in [0.05, 0.1) is 19.9 Å². The Morgan fingerprint density at radius 3 is 2.54 bits per heavy atom. The van der Waals surface area contributed by atoms with E-state index in [0.717, 1.165) is 11.3 Å². The van der Waals surface area contributed by atoms with Crippen LogP contribution in [0.4, 0.5) is 0 Å². The Morgan fingerprint density at radius 2 is 1.86 bits per heavy atom. The number of tetrazole rings is 1. The Hall–Kier alpha value is -3.62. The standard InChI is InChI=1S/C19H21N5O4/c1-26-17-8-3-14(11-18(17)27-2)9-10-20-19(25)12-28-16-6-4-15(5-7-16)24-13-21-22-23-24/h3-8,11,13H,9-10,12H2,1-2H3,(H,20,25). The Bertz CT molecular complexity index is 897. The molecule has 9 nitrogen and oxygen atoms in total. The molecule has 0 aliphatic carbocycles. The van der Waals surface area contributed by atoms with Crippen molar-refractivity contribution in [3.63, 3.8) is 0 Å². The van der Waals surface area contributed by atoms with Crippen molar-refractivity contribution in [2.45, 2.75) is 6.42 Å². The van der Waals surface area contributed by atoms with Gasteiger partial charge in [0.25, 0.3) is 5.91 Å². The molecule has 0 saturated heterocycles. The molecule has 3 rings (SSSR count). The maximum absolute atomic E-state index is 12.0. The van der Waals surface area contributed by atoms with Crippen LogP contribution >= 0.6 is 0 Å². The molecule has 3 aromatic rings. The van der Waals surface area contributed by atoms with Crippen LogP contribution in [-0.2, 0) is 11.2 Å². The molecule has 0 radical (unpaired) electrons. The average molecular weight is 383 g/mol. The van der Waals surface area contributed by atoms with E-state index in [4.69, 9.17) is 14.2 Å². The van der Waals surface area contributed by atoms with Gasteiger partial charge in [0.15, 0.2) is 18.1 Å². The molecule has 1 aromatic heterocycles. The maximum atomic E-state index is 12.0. The van der Waals surface area contributed by atoms with E-state index in [2.05, 4.69) is 20.8 Å². The number of hydrogen-bond donors (Lipinski definition) is 1. The first-order valence-electron chi connectivity index (χ1n) is 8.63. The molecule has 2 aromatic carbocycles. The summed E-state index contributed by atoms with van der Waals surface area (Å²) < 4.78 is 17.5. The fraction of sp³-hybridized carbons (Fsp3) is 0.263. The highest BCUT2D eigenvalue weighted by molar-refractivity contribution is 5.77. The molecule has 1 N–H and O–H groups in total. The smallest absolute Gasteiger partial charge is 0.257 e. The van der Waals surface area contributed by atoms with E-state index in [1.165, 1.54) is 11.0 Å². The van der Waals surface area contributed by atoms with Gasteiger partial charge >= 0.3 is 0 Å². The summed E-state index contributed by atoms with van der Waals surface area (Å²) in [6.07, 6.45) is 2.18. The van der Waals surface area contributed by atoms with Gasteiger partial charge in [-0.15, -0.1) is 5.10 Å². The van der Waals surface area contributed by atoms with Gasteiger partial charge in [-0.05, 0) is 58.8 Å². The van der Waals surface area contributed by atoms with E-state index < -0.39 is 0 Å². The van der Waals surface area contributed by atoms with Gasteiger partial charge in [-0.25, -0.2) is 4.68 Å². The van der Waals surface area contributed by atoms with E-state index >= 15 is 0 Å². The summed E-state index contributed by atoms with van der Waals surface area (Å²) in [7, 11) is 3.19. The fourth-order valence-corrected chi connectivity index (χ4v) is 2.56. The van der Waals surface area contributed by atoms with Crippen molar-refractivity contribution >= 4 is 5.91 Å². The van der Waals surface area contributed by atoms with Crippen LogP contribution in [0.2, 0.25) is 0 Å². The number of ether oxygens (including phenoxy) is 3. The van der Waals surface area contributed by atoms with Crippen molar-refractivity contribution in [1.29, 1.82) is 0 Å². The Kier molecular flexibility index (Phi) is 6.40. The minimum atomic E-state index is -0.190. The fourth-order valence-electron chi connectivity index (χ4n) is 2.56. The lowest BCUT2D eigenvalue weighted by atomic mass is 10.1. The Morgan fingerprint density at radius 1 is 1.07 bits per heavy atom. The van der Waals surface area contributed by atoms with Gasteiger partial charge in [0.1, 0.15) is 12.1 Å². The lowest BCUT2D eigenvalue weighted by Gasteiger charge is -2.10. The molecular formula is C19H21N5O4. The first-order valence-corrected chi connectivity index (χ1v) is 8.63. The van der Waals surface area contributed by atoms with E-state index in [1.54, 1.807) is 38.5 Å². The molecule has 1 amide bonds. The molecule has 0 fully saturated rings. The number of rotatable bonds is 9. The monoisotopic (exact) mass is 383 g/mol. The number of nitrogens with one attached hydrogen (secondary N) is 1. The van der Waals surface area contributed by atoms with Crippen LogP contribution in [0.5, 0.6) is 17.2 Å². The highest BCUT2D eigenvalue weighted by atomic mass is 16.5. The van der Waals surface area contributed by atoms with Crippen LogP contribution < -0.4 is 19.5 Å². The van der Waals surface area contributed by atoms with Crippen LogP contribution in [0.15, 0.2) is 48.8 Å². The number of carbonyl (C=O) groups excluding carboxylic acids is 1. The predicted octanol–water partition coefficient (Wildman–Crippen LogP) is 1.42. The zero-order chi connectivity index (χ0) is 19.8. The Balaban J connectivity index is 1.42. The molecule has 0 aliphatic heterocycles. The summed E-state index contributed by atoms with van der Waals surface area (Å²) in [6.45, 7) is 0.437. The van der Waals surface area contributed by atoms with Crippen molar-refractivity contribution in [1.82, 2.24) is 25.5 Å². The molecule has 28 heavy (non-hydrogen) atoms. The van der Waals surface area contributed by atoms with Gasteiger partial charge in [-0.3, -0.25) is 4.79 Å². The van der Waals surface area contributed by atoms with Gasteiger partial charge in [0, 0.05) is 6.54 Å². The molecule has 9 heteroatoms. The number of carbonyl (C=O) groups is 1. The molecule has 0 atom stereocenters. The van der Waals surface area contributed by atoms with Crippen molar-refractivity contribution in [3.05, 3.63) is 54.4 Å².